The molecule has 2 aromatic rings. The molecule has 0 atom stereocenters. The Hall–Kier alpha value is -1.97. The van der Waals surface area contributed by atoms with E-state index in [-0.39, 0.29) is 5.56 Å². The van der Waals surface area contributed by atoms with Gasteiger partial charge in [-0.15, -0.1) is 0 Å². The van der Waals surface area contributed by atoms with Gasteiger partial charge in [-0.3, -0.25) is 0 Å². The normalized spacial score (nSPS) is 14.8. The zero-order chi connectivity index (χ0) is 12.0. The zero-order valence-corrected chi connectivity index (χ0v) is 9.42. The van der Waals surface area contributed by atoms with E-state index in [2.05, 4.69) is 4.98 Å². The third-order valence-electron chi connectivity index (χ3n) is 3.46. The molecule has 1 heterocycles. The number of rotatable bonds is 1. The lowest BCUT2D eigenvalue weighted by Crippen LogP contribution is -2.00. The molecule has 0 saturated carbocycles. The fourth-order valence-electron chi connectivity index (χ4n) is 2.70. The second kappa shape index (κ2) is 3.52. The van der Waals surface area contributed by atoms with Crippen LogP contribution in [0.5, 0.6) is 0 Å². The maximum atomic E-state index is 11.2. The number of hydrogen-bond donors (Lipinski definition) is 3. The number of benzene rings is 1. The molecule has 17 heavy (non-hydrogen) atoms. The van der Waals surface area contributed by atoms with Crippen molar-refractivity contribution in [3.05, 3.63) is 29.0 Å². The van der Waals surface area contributed by atoms with Crippen LogP contribution in [0.1, 0.15) is 34.5 Å². The number of aromatic nitrogens is 1. The highest BCUT2D eigenvalue weighted by Crippen LogP contribution is 2.32. The number of nitrogens with one attached hydrogen (secondary N) is 1. The number of aromatic carboxylic acids is 1. The van der Waals surface area contributed by atoms with E-state index in [1.54, 1.807) is 0 Å². The molecule has 3 rings (SSSR count). The van der Waals surface area contributed by atoms with Gasteiger partial charge in [-0.05, 0) is 43.4 Å². The molecule has 0 spiro atoms. The number of aryl methyl sites for hydroxylation is 2. The Bertz CT molecular complexity index is 613. The van der Waals surface area contributed by atoms with Gasteiger partial charge in [0.25, 0.3) is 0 Å². The second-order valence-electron chi connectivity index (χ2n) is 4.59. The Kier molecular flexibility index (Phi) is 2.11. The van der Waals surface area contributed by atoms with E-state index in [9.17, 15) is 9.90 Å². The van der Waals surface area contributed by atoms with E-state index in [1.165, 1.54) is 17.3 Å². The first-order valence-electron chi connectivity index (χ1n) is 5.83. The van der Waals surface area contributed by atoms with Crippen LogP contribution in [-0.2, 0) is 12.8 Å². The van der Waals surface area contributed by atoms with Crippen molar-refractivity contribution >= 4 is 22.6 Å². The van der Waals surface area contributed by atoms with Gasteiger partial charge in [0, 0.05) is 16.8 Å². The van der Waals surface area contributed by atoms with Crippen LogP contribution >= 0.6 is 0 Å². The zero-order valence-electron chi connectivity index (χ0n) is 9.42. The lowest BCUT2D eigenvalue weighted by atomic mass is 9.95. The van der Waals surface area contributed by atoms with Gasteiger partial charge in [-0.1, -0.05) is 0 Å². The molecule has 4 nitrogen and oxygen atoms in total. The van der Waals surface area contributed by atoms with E-state index < -0.39 is 5.97 Å². The van der Waals surface area contributed by atoms with Gasteiger partial charge in [0.2, 0.25) is 0 Å². The topological polar surface area (TPSA) is 79.1 Å². The maximum absolute atomic E-state index is 11.2. The minimum absolute atomic E-state index is 0.273. The summed E-state index contributed by atoms with van der Waals surface area (Å²) in [7, 11) is 0. The van der Waals surface area contributed by atoms with Gasteiger partial charge in [0.05, 0.1) is 11.1 Å². The van der Waals surface area contributed by atoms with Crippen LogP contribution in [0.25, 0.3) is 10.9 Å². The molecule has 4 N–H and O–H groups in total. The number of carboxylic acids is 1. The predicted octanol–water partition coefficient (Wildman–Crippen LogP) is 2.33. The van der Waals surface area contributed by atoms with Crippen molar-refractivity contribution in [2.75, 3.05) is 5.73 Å². The first kappa shape index (κ1) is 10.2. The van der Waals surface area contributed by atoms with Crippen LogP contribution in [0.4, 0.5) is 5.69 Å². The molecular formula is C13H14N2O2. The number of hydrogen-bond acceptors (Lipinski definition) is 2. The van der Waals surface area contributed by atoms with Crippen LogP contribution in [0, 0.1) is 0 Å². The summed E-state index contributed by atoms with van der Waals surface area (Å²) in [6.07, 6.45) is 4.34. The average molecular weight is 230 g/mol. The summed E-state index contributed by atoms with van der Waals surface area (Å²) in [5.74, 6) is -0.930. The van der Waals surface area contributed by atoms with Gasteiger partial charge in [0.15, 0.2) is 0 Å². The third kappa shape index (κ3) is 1.48. The predicted molar refractivity (Wildman–Crippen MR) is 66.3 cm³/mol. The molecule has 0 unspecified atom stereocenters. The van der Waals surface area contributed by atoms with Crippen molar-refractivity contribution in [2.45, 2.75) is 25.7 Å². The molecule has 0 fully saturated rings. The number of carbonyl (C=O) groups is 1. The Labute approximate surface area is 98.4 Å². The SMILES string of the molecule is Nc1cc(C(=O)O)c2[nH]c3c(c2c1)CCCC3. The average Bonchev–Trinajstić information content (AvgIpc) is 2.66. The monoisotopic (exact) mass is 230 g/mol. The van der Waals surface area contributed by atoms with Crippen LogP contribution in [-0.4, -0.2) is 16.1 Å². The largest absolute Gasteiger partial charge is 0.478 e. The highest BCUT2D eigenvalue weighted by molar-refractivity contribution is 6.05. The van der Waals surface area contributed by atoms with Gasteiger partial charge in [0.1, 0.15) is 0 Å². The van der Waals surface area contributed by atoms with Crippen LogP contribution in [0.15, 0.2) is 12.1 Å². The van der Waals surface area contributed by atoms with Gasteiger partial charge >= 0.3 is 5.97 Å². The van der Waals surface area contributed by atoms with Crippen LogP contribution in [0.2, 0.25) is 0 Å². The van der Waals surface area contributed by atoms with E-state index in [0.717, 1.165) is 36.6 Å². The van der Waals surface area contributed by atoms with Crippen molar-refractivity contribution in [1.29, 1.82) is 0 Å². The van der Waals surface area contributed by atoms with E-state index in [1.807, 2.05) is 6.07 Å². The standard InChI is InChI=1S/C13H14N2O2/c14-7-5-9-8-3-1-2-4-11(8)15-12(9)10(6-7)13(16)17/h5-6,15H,1-4,14H2,(H,16,17). The second-order valence-corrected chi connectivity index (χ2v) is 4.59. The maximum Gasteiger partial charge on any atom is 0.337 e. The summed E-state index contributed by atoms with van der Waals surface area (Å²) in [6, 6.07) is 3.40. The Morgan fingerprint density at radius 1 is 1.29 bits per heavy atom. The first-order valence-corrected chi connectivity index (χ1v) is 5.83. The summed E-state index contributed by atoms with van der Waals surface area (Å²) < 4.78 is 0. The lowest BCUT2D eigenvalue weighted by Gasteiger charge is -2.10. The number of anilines is 1. The van der Waals surface area contributed by atoms with Gasteiger partial charge in [-0.2, -0.15) is 0 Å². The summed E-state index contributed by atoms with van der Waals surface area (Å²) in [4.78, 5) is 14.5. The lowest BCUT2D eigenvalue weighted by molar-refractivity contribution is 0.0699. The molecule has 0 amide bonds. The minimum Gasteiger partial charge on any atom is -0.478 e. The third-order valence-corrected chi connectivity index (χ3v) is 3.46. The molecule has 1 aromatic heterocycles. The smallest absolute Gasteiger partial charge is 0.337 e. The number of carboxylic acid groups (broad SMARTS) is 1. The van der Waals surface area contributed by atoms with Crippen molar-refractivity contribution < 1.29 is 9.90 Å². The van der Waals surface area contributed by atoms with Crippen molar-refractivity contribution in [3.63, 3.8) is 0 Å². The number of nitrogen functional groups attached to an aromatic ring is 1. The van der Waals surface area contributed by atoms with Crippen molar-refractivity contribution in [3.8, 4) is 0 Å². The fraction of sp³-hybridized carbons (Fsp3) is 0.308. The van der Waals surface area contributed by atoms with E-state index >= 15 is 0 Å². The van der Waals surface area contributed by atoms with Crippen molar-refractivity contribution in [1.82, 2.24) is 4.98 Å². The highest BCUT2D eigenvalue weighted by Gasteiger charge is 2.19. The molecule has 0 bridgehead atoms. The first-order chi connectivity index (χ1) is 8.16. The van der Waals surface area contributed by atoms with E-state index in [4.69, 9.17) is 5.73 Å². The molecule has 88 valence electrons. The highest BCUT2D eigenvalue weighted by atomic mass is 16.4. The Morgan fingerprint density at radius 3 is 2.82 bits per heavy atom. The van der Waals surface area contributed by atoms with Crippen molar-refractivity contribution in [2.24, 2.45) is 0 Å². The quantitative estimate of drug-likeness (QED) is 0.658. The van der Waals surface area contributed by atoms with Gasteiger partial charge in [-0.25, -0.2) is 4.79 Å². The number of H-pyrrole nitrogens is 1. The molecule has 4 heteroatoms. The molecule has 1 aromatic carbocycles. The summed E-state index contributed by atoms with van der Waals surface area (Å²) in [6.45, 7) is 0. The Balaban J connectivity index is 2.36. The number of aromatic amines is 1. The summed E-state index contributed by atoms with van der Waals surface area (Å²) in [5.41, 5.74) is 9.72. The number of fused-ring (bicyclic) bond motifs is 3. The molecule has 1 aliphatic carbocycles. The molecule has 0 radical (unpaired) electrons. The number of nitrogens with two attached hydrogens (primary N) is 1. The summed E-state index contributed by atoms with van der Waals surface area (Å²) >= 11 is 0. The molecule has 0 aliphatic heterocycles. The van der Waals surface area contributed by atoms with Gasteiger partial charge < -0.3 is 15.8 Å². The fourth-order valence-corrected chi connectivity index (χ4v) is 2.70. The van der Waals surface area contributed by atoms with Crippen LogP contribution < -0.4 is 5.73 Å². The molecule has 1 aliphatic rings. The molecule has 0 saturated heterocycles. The molecular weight excluding hydrogens is 216 g/mol. The van der Waals surface area contributed by atoms with Crippen LogP contribution in [0.3, 0.4) is 0 Å². The summed E-state index contributed by atoms with van der Waals surface area (Å²) in [5, 5.41) is 10.2. The van der Waals surface area contributed by atoms with E-state index in [0.29, 0.717) is 5.69 Å². The Morgan fingerprint density at radius 2 is 2.06 bits per heavy atom. The minimum atomic E-state index is -0.930.